The van der Waals surface area contributed by atoms with Gasteiger partial charge in [-0.15, -0.1) is 0 Å². The van der Waals surface area contributed by atoms with Gasteiger partial charge in [-0.1, -0.05) is 24.4 Å². The van der Waals surface area contributed by atoms with Gasteiger partial charge in [-0.3, -0.25) is 4.79 Å². The Morgan fingerprint density at radius 2 is 2.00 bits per heavy atom. The molecule has 0 aliphatic heterocycles. The number of hydrogen-bond acceptors (Lipinski definition) is 3. The monoisotopic (exact) mass is 264 g/mol. The molecule has 1 aromatic heterocycles. The van der Waals surface area contributed by atoms with Gasteiger partial charge in [0.1, 0.15) is 5.76 Å². The van der Waals surface area contributed by atoms with Crippen molar-refractivity contribution in [3.63, 3.8) is 0 Å². The molecule has 4 nitrogen and oxygen atoms in total. The van der Waals surface area contributed by atoms with E-state index in [0.29, 0.717) is 12.5 Å². The van der Waals surface area contributed by atoms with Gasteiger partial charge in [0.15, 0.2) is 0 Å². The van der Waals surface area contributed by atoms with Crippen LogP contribution in [0.1, 0.15) is 56.0 Å². The molecule has 0 bridgehead atoms. The Morgan fingerprint density at radius 1 is 1.32 bits per heavy atom. The molecule has 1 fully saturated rings. The van der Waals surface area contributed by atoms with Gasteiger partial charge in [0, 0.05) is 18.2 Å². The van der Waals surface area contributed by atoms with Crippen LogP contribution in [0.15, 0.2) is 4.52 Å². The highest BCUT2D eigenvalue weighted by Crippen LogP contribution is 2.23. The first-order valence-electron chi connectivity index (χ1n) is 7.34. The van der Waals surface area contributed by atoms with Crippen molar-refractivity contribution in [1.29, 1.82) is 0 Å². The fraction of sp³-hybridized carbons (Fsp3) is 0.733. The van der Waals surface area contributed by atoms with Crippen molar-refractivity contribution in [2.24, 2.45) is 0 Å². The predicted molar refractivity (Wildman–Crippen MR) is 73.9 cm³/mol. The van der Waals surface area contributed by atoms with E-state index in [9.17, 15) is 4.79 Å². The third-order valence-electron chi connectivity index (χ3n) is 4.19. The maximum Gasteiger partial charge on any atom is 0.227 e. The second-order valence-corrected chi connectivity index (χ2v) is 5.45. The largest absolute Gasteiger partial charge is 0.361 e. The zero-order chi connectivity index (χ0) is 13.8. The molecule has 0 saturated heterocycles. The highest BCUT2D eigenvalue weighted by molar-refractivity contribution is 5.79. The van der Waals surface area contributed by atoms with Crippen molar-refractivity contribution in [3.8, 4) is 0 Å². The Kier molecular flexibility index (Phi) is 4.61. The van der Waals surface area contributed by atoms with Gasteiger partial charge >= 0.3 is 0 Å². The second-order valence-electron chi connectivity index (χ2n) is 5.45. The minimum Gasteiger partial charge on any atom is -0.361 e. The molecule has 0 spiro atoms. The van der Waals surface area contributed by atoms with Crippen LogP contribution in [0.2, 0.25) is 0 Å². The van der Waals surface area contributed by atoms with E-state index in [1.807, 2.05) is 18.7 Å². The highest BCUT2D eigenvalue weighted by atomic mass is 16.5. The van der Waals surface area contributed by atoms with Crippen LogP contribution in [0, 0.1) is 13.8 Å². The smallest absolute Gasteiger partial charge is 0.227 e. The molecule has 0 unspecified atom stereocenters. The fourth-order valence-corrected chi connectivity index (χ4v) is 3.04. The summed E-state index contributed by atoms with van der Waals surface area (Å²) in [7, 11) is 0. The summed E-state index contributed by atoms with van der Waals surface area (Å²) < 4.78 is 5.13. The Morgan fingerprint density at radius 3 is 2.53 bits per heavy atom. The summed E-state index contributed by atoms with van der Waals surface area (Å²) in [6.45, 7) is 6.64. The lowest BCUT2D eigenvalue weighted by molar-refractivity contribution is -0.133. The molecule has 0 N–H and O–H groups in total. The maximum atomic E-state index is 12.5. The van der Waals surface area contributed by atoms with E-state index in [2.05, 4.69) is 12.1 Å². The van der Waals surface area contributed by atoms with Crippen molar-refractivity contribution >= 4 is 5.91 Å². The average molecular weight is 264 g/mol. The Bertz CT molecular complexity index is 414. The molecule has 0 atom stereocenters. The molecule has 106 valence electrons. The zero-order valence-electron chi connectivity index (χ0n) is 12.2. The summed E-state index contributed by atoms with van der Waals surface area (Å²) in [5.74, 6) is 0.981. The molecule has 19 heavy (non-hydrogen) atoms. The number of aryl methyl sites for hydroxylation is 2. The lowest BCUT2D eigenvalue weighted by Crippen LogP contribution is -2.42. The number of hydrogen-bond donors (Lipinski definition) is 0. The van der Waals surface area contributed by atoms with E-state index in [1.165, 1.54) is 19.3 Å². The van der Waals surface area contributed by atoms with Crippen LogP contribution in [-0.4, -0.2) is 28.6 Å². The molecular formula is C15H24N2O2. The number of likely N-dealkylation sites (N-methyl/N-ethyl adjacent to an activating group) is 1. The normalized spacial score (nSPS) is 16.6. The van der Waals surface area contributed by atoms with Crippen LogP contribution in [-0.2, 0) is 11.2 Å². The lowest BCUT2D eigenvalue weighted by Gasteiger charge is -2.33. The van der Waals surface area contributed by atoms with E-state index in [1.54, 1.807) is 0 Å². The summed E-state index contributed by atoms with van der Waals surface area (Å²) >= 11 is 0. The van der Waals surface area contributed by atoms with Crippen LogP contribution in [0.3, 0.4) is 0 Å². The molecule has 1 heterocycles. The topological polar surface area (TPSA) is 46.3 Å². The number of carbonyl (C=O) groups excluding carboxylic acids is 1. The second kappa shape index (κ2) is 6.22. The van der Waals surface area contributed by atoms with Crippen LogP contribution in [0.25, 0.3) is 0 Å². The van der Waals surface area contributed by atoms with Crippen molar-refractivity contribution in [1.82, 2.24) is 10.1 Å². The van der Waals surface area contributed by atoms with Gasteiger partial charge in [0.25, 0.3) is 0 Å². The van der Waals surface area contributed by atoms with E-state index in [4.69, 9.17) is 4.52 Å². The zero-order valence-corrected chi connectivity index (χ0v) is 12.2. The first kappa shape index (κ1) is 14.1. The van der Waals surface area contributed by atoms with E-state index >= 15 is 0 Å². The number of aromatic nitrogens is 1. The van der Waals surface area contributed by atoms with Crippen molar-refractivity contribution < 1.29 is 9.32 Å². The predicted octanol–water partition coefficient (Wildman–Crippen LogP) is 3.02. The van der Waals surface area contributed by atoms with Gasteiger partial charge in [0.2, 0.25) is 5.91 Å². The number of rotatable bonds is 4. The fourth-order valence-electron chi connectivity index (χ4n) is 3.04. The molecule has 1 aromatic rings. The van der Waals surface area contributed by atoms with Gasteiger partial charge in [-0.25, -0.2) is 0 Å². The lowest BCUT2D eigenvalue weighted by atomic mass is 9.93. The van der Waals surface area contributed by atoms with Crippen molar-refractivity contribution in [3.05, 3.63) is 17.0 Å². The third kappa shape index (κ3) is 3.17. The first-order valence-corrected chi connectivity index (χ1v) is 7.34. The Labute approximate surface area is 115 Å². The average Bonchev–Trinajstić information content (AvgIpc) is 2.73. The molecular weight excluding hydrogens is 240 g/mol. The van der Waals surface area contributed by atoms with Crippen LogP contribution in [0.4, 0.5) is 0 Å². The van der Waals surface area contributed by atoms with Crippen LogP contribution in [0.5, 0.6) is 0 Å². The number of nitrogens with zero attached hydrogens (tertiary/aromatic N) is 2. The van der Waals surface area contributed by atoms with Crippen molar-refractivity contribution in [2.75, 3.05) is 6.54 Å². The van der Waals surface area contributed by atoms with Gasteiger partial charge in [0.05, 0.1) is 12.1 Å². The Balaban J connectivity index is 2.04. The minimum atomic E-state index is 0.212. The highest BCUT2D eigenvalue weighted by Gasteiger charge is 2.25. The van der Waals surface area contributed by atoms with Gasteiger partial charge in [-0.2, -0.15) is 0 Å². The first-order chi connectivity index (χ1) is 9.13. The maximum absolute atomic E-state index is 12.5. The summed E-state index contributed by atoms with van der Waals surface area (Å²) in [6, 6.07) is 0.437. The molecule has 1 amide bonds. The van der Waals surface area contributed by atoms with Crippen molar-refractivity contribution in [2.45, 2.75) is 65.3 Å². The number of carbonyl (C=O) groups is 1. The summed E-state index contributed by atoms with van der Waals surface area (Å²) in [6.07, 6.45) is 6.54. The van der Waals surface area contributed by atoms with Gasteiger partial charge in [-0.05, 0) is 33.6 Å². The minimum absolute atomic E-state index is 0.212. The quantitative estimate of drug-likeness (QED) is 0.839. The number of amides is 1. The van der Waals surface area contributed by atoms with E-state index < -0.39 is 0 Å². The Hall–Kier alpha value is -1.32. The van der Waals surface area contributed by atoms with Crippen LogP contribution < -0.4 is 0 Å². The molecule has 0 aromatic carbocycles. The van der Waals surface area contributed by atoms with E-state index in [-0.39, 0.29) is 5.91 Å². The van der Waals surface area contributed by atoms with Crippen LogP contribution >= 0.6 is 0 Å². The SMILES string of the molecule is CCN(C(=O)Cc1c(C)noc1C)C1CCCCC1. The molecule has 4 heteroatoms. The van der Waals surface area contributed by atoms with Gasteiger partial charge < -0.3 is 9.42 Å². The summed E-state index contributed by atoms with van der Waals surface area (Å²) in [5, 5.41) is 3.92. The molecule has 1 saturated carbocycles. The summed E-state index contributed by atoms with van der Waals surface area (Å²) in [4.78, 5) is 14.5. The molecule has 2 rings (SSSR count). The third-order valence-corrected chi connectivity index (χ3v) is 4.19. The standard InChI is InChI=1S/C15H24N2O2/c1-4-17(13-8-6-5-7-9-13)15(18)10-14-11(2)16-19-12(14)3/h13H,4-10H2,1-3H3. The molecule has 1 aliphatic carbocycles. The van der Waals surface area contributed by atoms with E-state index in [0.717, 1.165) is 36.4 Å². The molecule has 1 aliphatic rings. The summed E-state index contributed by atoms with van der Waals surface area (Å²) in [5.41, 5.74) is 1.80. The molecule has 0 radical (unpaired) electrons.